The van der Waals surface area contributed by atoms with Gasteiger partial charge in [-0.25, -0.2) is 0 Å². The number of hydrogen-bond donors (Lipinski definition) is 1. The first kappa shape index (κ1) is 15.0. The number of aromatic nitrogens is 2. The lowest BCUT2D eigenvalue weighted by molar-refractivity contribution is 0.0914. The van der Waals surface area contributed by atoms with Crippen molar-refractivity contribution in [2.24, 2.45) is 0 Å². The van der Waals surface area contributed by atoms with Gasteiger partial charge in [0.15, 0.2) is 0 Å². The molecule has 0 saturated carbocycles. The SMILES string of the molecule is O=C(NCc1ccccc1)c1nnc(CCc2ccccc2)o1. The summed E-state index contributed by atoms with van der Waals surface area (Å²) in [6.07, 6.45) is 1.41. The van der Waals surface area contributed by atoms with Crippen molar-refractivity contribution in [1.29, 1.82) is 0 Å². The molecule has 116 valence electrons. The first-order valence-electron chi connectivity index (χ1n) is 7.50. The van der Waals surface area contributed by atoms with E-state index in [9.17, 15) is 4.79 Å². The smallest absolute Gasteiger partial charge is 0.309 e. The number of nitrogens with zero attached hydrogens (tertiary/aromatic N) is 2. The third kappa shape index (κ3) is 4.26. The lowest BCUT2D eigenvalue weighted by Gasteiger charge is -2.01. The van der Waals surface area contributed by atoms with E-state index in [0.29, 0.717) is 18.9 Å². The summed E-state index contributed by atoms with van der Waals surface area (Å²) in [5.41, 5.74) is 2.21. The molecule has 5 nitrogen and oxygen atoms in total. The Bertz CT molecular complexity index is 754. The van der Waals surface area contributed by atoms with Crippen LogP contribution in [-0.4, -0.2) is 16.1 Å². The zero-order valence-corrected chi connectivity index (χ0v) is 12.6. The highest BCUT2D eigenvalue weighted by Gasteiger charge is 2.14. The zero-order valence-electron chi connectivity index (χ0n) is 12.6. The van der Waals surface area contributed by atoms with Crippen LogP contribution >= 0.6 is 0 Å². The fourth-order valence-corrected chi connectivity index (χ4v) is 2.20. The maximum atomic E-state index is 12.0. The van der Waals surface area contributed by atoms with Crippen LogP contribution in [0.1, 0.15) is 27.7 Å². The lowest BCUT2D eigenvalue weighted by atomic mass is 10.1. The monoisotopic (exact) mass is 307 g/mol. The molecule has 0 saturated heterocycles. The molecule has 0 aliphatic heterocycles. The summed E-state index contributed by atoms with van der Waals surface area (Å²) >= 11 is 0. The Morgan fingerprint density at radius 3 is 2.22 bits per heavy atom. The summed E-state index contributed by atoms with van der Waals surface area (Å²) in [6.45, 7) is 0.432. The number of amides is 1. The molecule has 5 heteroatoms. The number of aryl methyl sites for hydroxylation is 2. The second kappa shape index (κ2) is 7.35. The molecule has 0 aliphatic rings. The Kier molecular flexibility index (Phi) is 4.79. The van der Waals surface area contributed by atoms with Crippen molar-refractivity contribution in [3.05, 3.63) is 83.6 Å². The molecular formula is C18H17N3O2. The molecular weight excluding hydrogens is 290 g/mol. The first-order valence-corrected chi connectivity index (χ1v) is 7.50. The second-order valence-electron chi connectivity index (χ2n) is 5.15. The molecule has 3 rings (SSSR count). The molecule has 3 aromatic rings. The molecule has 0 radical (unpaired) electrons. The number of carbonyl (C=O) groups is 1. The lowest BCUT2D eigenvalue weighted by Crippen LogP contribution is -2.23. The third-order valence-corrected chi connectivity index (χ3v) is 3.43. The van der Waals surface area contributed by atoms with Gasteiger partial charge in [0.2, 0.25) is 5.89 Å². The van der Waals surface area contributed by atoms with Crippen molar-refractivity contribution in [2.75, 3.05) is 0 Å². The molecule has 1 heterocycles. The normalized spacial score (nSPS) is 10.4. The summed E-state index contributed by atoms with van der Waals surface area (Å²) in [5, 5.41) is 10.5. The van der Waals surface area contributed by atoms with E-state index in [-0.39, 0.29) is 11.8 Å². The molecule has 1 amide bonds. The average molecular weight is 307 g/mol. The third-order valence-electron chi connectivity index (χ3n) is 3.43. The van der Waals surface area contributed by atoms with Gasteiger partial charge in [-0.1, -0.05) is 60.7 Å². The fraction of sp³-hybridized carbons (Fsp3) is 0.167. The van der Waals surface area contributed by atoms with E-state index in [2.05, 4.69) is 15.5 Å². The van der Waals surface area contributed by atoms with Gasteiger partial charge in [0.05, 0.1) is 0 Å². The van der Waals surface area contributed by atoms with Gasteiger partial charge in [-0.3, -0.25) is 4.79 Å². The highest BCUT2D eigenvalue weighted by Crippen LogP contribution is 2.07. The van der Waals surface area contributed by atoms with E-state index in [1.165, 1.54) is 5.56 Å². The Labute approximate surface area is 134 Å². The Morgan fingerprint density at radius 1 is 0.870 bits per heavy atom. The molecule has 23 heavy (non-hydrogen) atoms. The van der Waals surface area contributed by atoms with Crippen molar-refractivity contribution in [3.63, 3.8) is 0 Å². The molecule has 1 N–H and O–H groups in total. The summed E-state index contributed by atoms with van der Waals surface area (Å²) in [6, 6.07) is 19.7. The van der Waals surface area contributed by atoms with Crippen molar-refractivity contribution in [1.82, 2.24) is 15.5 Å². The molecule has 2 aromatic carbocycles. The number of rotatable bonds is 6. The molecule has 0 spiro atoms. The largest absolute Gasteiger partial charge is 0.417 e. The Morgan fingerprint density at radius 2 is 1.52 bits per heavy atom. The minimum Gasteiger partial charge on any atom is -0.417 e. The van der Waals surface area contributed by atoms with Gasteiger partial charge in [0.25, 0.3) is 0 Å². The van der Waals surface area contributed by atoms with E-state index in [1.54, 1.807) is 0 Å². The van der Waals surface area contributed by atoms with Crippen LogP contribution in [0.15, 0.2) is 65.1 Å². The standard InChI is InChI=1S/C18H17N3O2/c22-17(19-13-15-9-5-2-6-10-15)18-21-20-16(23-18)12-11-14-7-3-1-4-8-14/h1-10H,11-13H2,(H,19,22). The van der Waals surface area contributed by atoms with Gasteiger partial charge >= 0.3 is 11.8 Å². The summed E-state index contributed by atoms with van der Waals surface area (Å²) < 4.78 is 5.42. The molecule has 0 bridgehead atoms. The van der Waals surface area contributed by atoms with Crippen LogP contribution < -0.4 is 5.32 Å². The molecule has 0 fully saturated rings. The number of nitrogens with one attached hydrogen (secondary N) is 1. The highest BCUT2D eigenvalue weighted by atomic mass is 16.4. The topological polar surface area (TPSA) is 68.0 Å². The van der Waals surface area contributed by atoms with E-state index in [4.69, 9.17) is 4.42 Å². The predicted molar refractivity (Wildman–Crippen MR) is 85.8 cm³/mol. The van der Waals surface area contributed by atoms with E-state index in [0.717, 1.165) is 12.0 Å². The van der Waals surface area contributed by atoms with E-state index >= 15 is 0 Å². The predicted octanol–water partition coefficient (Wildman–Crippen LogP) is 2.78. The Balaban J connectivity index is 1.53. The maximum absolute atomic E-state index is 12.0. The molecule has 1 aromatic heterocycles. The maximum Gasteiger partial charge on any atom is 0.309 e. The molecule has 0 unspecified atom stereocenters. The van der Waals surface area contributed by atoms with Crippen LogP contribution in [-0.2, 0) is 19.4 Å². The number of hydrogen-bond acceptors (Lipinski definition) is 4. The quantitative estimate of drug-likeness (QED) is 0.760. The van der Waals surface area contributed by atoms with Crippen molar-refractivity contribution >= 4 is 5.91 Å². The van der Waals surface area contributed by atoms with Crippen LogP contribution in [0.25, 0.3) is 0 Å². The summed E-state index contributed by atoms with van der Waals surface area (Å²) in [4.78, 5) is 12.0. The van der Waals surface area contributed by atoms with Gasteiger partial charge < -0.3 is 9.73 Å². The molecule has 0 atom stereocenters. The van der Waals surface area contributed by atoms with Gasteiger partial charge in [-0.05, 0) is 17.5 Å². The van der Waals surface area contributed by atoms with Crippen LogP contribution in [0.2, 0.25) is 0 Å². The number of benzene rings is 2. The average Bonchev–Trinajstić information content (AvgIpc) is 3.09. The van der Waals surface area contributed by atoms with Gasteiger partial charge in [-0.15, -0.1) is 10.2 Å². The first-order chi connectivity index (χ1) is 11.3. The molecule has 0 aliphatic carbocycles. The van der Waals surface area contributed by atoms with Crippen LogP contribution in [0, 0.1) is 0 Å². The number of carbonyl (C=O) groups excluding carboxylic acids is 1. The van der Waals surface area contributed by atoms with Crippen LogP contribution in [0.3, 0.4) is 0 Å². The summed E-state index contributed by atoms with van der Waals surface area (Å²) in [7, 11) is 0. The fourth-order valence-electron chi connectivity index (χ4n) is 2.20. The highest BCUT2D eigenvalue weighted by molar-refractivity contribution is 5.89. The van der Waals surface area contributed by atoms with Crippen LogP contribution in [0.4, 0.5) is 0 Å². The van der Waals surface area contributed by atoms with Crippen molar-refractivity contribution in [2.45, 2.75) is 19.4 Å². The van der Waals surface area contributed by atoms with Gasteiger partial charge in [-0.2, -0.15) is 0 Å². The van der Waals surface area contributed by atoms with E-state index in [1.807, 2.05) is 60.7 Å². The minimum atomic E-state index is -0.354. The Hall–Kier alpha value is -2.95. The zero-order chi connectivity index (χ0) is 15.9. The van der Waals surface area contributed by atoms with Crippen LogP contribution in [0.5, 0.6) is 0 Å². The minimum absolute atomic E-state index is 0.00370. The van der Waals surface area contributed by atoms with Gasteiger partial charge in [0, 0.05) is 13.0 Å². The van der Waals surface area contributed by atoms with Gasteiger partial charge in [0.1, 0.15) is 0 Å². The van der Waals surface area contributed by atoms with Crippen molar-refractivity contribution < 1.29 is 9.21 Å². The summed E-state index contributed by atoms with van der Waals surface area (Å²) in [5.74, 6) is 0.120. The van der Waals surface area contributed by atoms with Crippen molar-refractivity contribution in [3.8, 4) is 0 Å². The second-order valence-corrected chi connectivity index (χ2v) is 5.15. The van der Waals surface area contributed by atoms with E-state index < -0.39 is 0 Å².